The van der Waals surface area contributed by atoms with Gasteiger partial charge in [-0.25, -0.2) is 14.2 Å². The van der Waals surface area contributed by atoms with E-state index in [4.69, 9.17) is 9.73 Å². The molecule has 3 heterocycles. The molecule has 55 heavy (non-hydrogen) atoms. The fourth-order valence-electron chi connectivity index (χ4n) is 6.89. The Bertz CT molecular complexity index is 2780. The number of halogens is 1. The van der Waals surface area contributed by atoms with Crippen LogP contribution in [0.3, 0.4) is 0 Å². The van der Waals surface area contributed by atoms with Crippen LogP contribution in [0.4, 0.5) is 10.1 Å². The molecule has 11 heteroatoms. The third kappa shape index (κ3) is 6.62. The number of fused-ring (bicyclic) bond motifs is 1. The minimum Gasteiger partial charge on any atom is -0.463 e. The summed E-state index contributed by atoms with van der Waals surface area (Å²) in [6.07, 6.45) is 1.82. The molecule has 1 aliphatic rings. The van der Waals surface area contributed by atoms with E-state index in [0.29, 0.717) is 37.4 Å². The highest BCUT2D eigenvalue weighted by atomic mass is 32.1. The Kier molecular flexibility index (Phi) is 9.44. The Hall–Kier alpha value is -6.98. The molecule has 1 aliphatic heterocycles. The lowest BCUT2D eigenvalue weighted by atomic mass is 9.93. The largest absolute Gasteiger partial charge is 0.463 e. The standard InChI is InChI=1S/C44H31FN4O5S/c1-2-54-43(51)38-39(29-14-8-4-9-15-29)46-44-48(41(38)31-18-20-33(45)21-19-31)42(50)37(55-44)27-32-26-36(28-12-6-3-7-13-28)47(40(32)30-16-10-5-11-17-30)34-22-24-35(25-23-34)49(52)53/h3-27,41H,2H2,1H3/b37-27-/t41-/m1/s1. The Morgan fingerprint density at radius 2 is 1.45 bits per heavy atom. The fourth-order valence-corrected chi connectivity index (χ4v) is 7.88. The van der Waals surface area contributed by atoms with E-state index in [1.54, 1.807) is 31.2 Å². The topological polar surface area (TPSA) is 109 Å². The van der Waals surface area contributed by atoms with Crippen LogP contribution in [-0.4, -0.2) is 26.6 Å². The van der Waals surface area contributed by atoms with Crippen LogP contribution in [0.25, 0.3) is 40.0 Å². The highest BCUT2D eigenvalue weighted by molar-refractivity contribution is 7.07. The lowest BCUT2D eigenvalue weighted by Crippen LogP contribution is -2.40. The lowest BCUT2D eigenvalue weighted by Gasteiger charge is -2.25. The SMILES string of the molecule is CCOC(=O)C1=C(c2ccccc2)N=c2s/c(=C\c3cc(-c4ccccc4)n(-c4ccc([N+](=O)[O-])cc4)c3-c3ccccc3)c(=O)n2[C@@H]1c1ccc(F)cc1. The van der Waals surface area contributed by atoms with Crippen molar-refractivity contribution in [2.75, 3.05) is 6.61 Å². The first-order valence-electron chi connectivity index (χ1n) is 17.5. The van der Waals surface area contributed by atoms with Gasteiger partial charge in [0.15, 0.2) is 4.80 Å². The highest BCUT2D eigenvalue weighted by Gasteiger charge is 2.35. The van der Waals surface area contributed by atoms with E-state index in [9.17, 15) is 24.1 Å². The second-order valence-corrected chi connectivity index (χ2v) is 13.7. The molecule has 0 radical (unpaired) electrons. The number of esters is 1. The van der Waals surface area contributed by atoms with Crippen LogP contribution in [0.1, 0.15) is 29.7 Å². The van der Waals surface area contributed by atoms with Gasteiger partial charge < -0.3 is 9.30 Å². The molecule has 270 valence electrons. The van der Waals surface area contributed by atoms with E-state index in [0.717, 1.165) is 22.5 Å². The Morgan fingerprint density at radius 1 is 0.855 bits per heavy atom. The van der Waals surface area contributed by atoms with Gasteiger partial charge >= 0.3 is 5.97 Å². The number of ether oxygens (including phenoxy) is 1. The van der Waals surface area contributed by atoms with Gasteiger partial charge in [0.1, 0.15) is 5.82 Å². The molecule has 1 atom stereocenters. The highest BCUT2D eigenvalue weighted by Crippen LogP contribution is 2.38. The molecule has 0 aliphatic carbocycles. The number of nitro groups is 1. The number of non-ortho nitro benzene ring substituents is 1. The van der Waals surface area contributed by atoms with Crippen LogP contribution >= 0.6 is 11.3 Å². The first-order chi connectivity index (χ1) is 26.8. The van der Waals surface area contributed by atoms with E-state index in [1.807, 2.05) is 108 Å². The van der Waals surface area contributed by atoms with Gasteiger partial charge in [-0.1, -0.05) is 114 Å². The molecule has 0 saturated heterocycles. The minimum absolute atomic E-state index is 0.0347. The number of hydrogen-bond acceptors (Lipinski definition) is 7. The predicted octanol–water partition coefficient (Wildman–Crippen LogP) is 8.11. The van der Waals surface area contributed by atoms with E-state index in [-0.39, 0.29) is 17.9 Å². The summed E-state index contributed by atoms with van der Waals surface area (Å²) in [6.45, 7) is 1.81. The molecule has 0 N–H and O–H groups in total. The third-order valence-corrected chi connectivity index (χ3v) is 10.3. The summed E-state index contributed by atoms with van der Waals surface area (Å²) in [7, 11) is 0. The maximum Gasteiger partial charge on any atom is 0.338 e. The monoisotopic (exact) mass is 746 g/mol. The summed E-state index contributed by atoms with van der Waals surface area (Å²) in [5.74, 6) is -1.09. The number of thiazole rings is 1. The average Bonchev–Trinajstić information content (AvgIpc) is 3.75. The molecule has 9 nitrogen and oxygen atoms in total. The summed E-state index contributed by atoms with van der Waals surface area (Å²) in [6, 6.07) is 41.8. The van der Waals surface area contributed by atoms with Gasteiger partial charge in [0.05, 0.1) is 44.8 Å². The molecular weight excluding hydrogens is 716 g/mol. The number of rotatable bonds is 9. The molecule has 0 unspecified atom stereocenters. The number of hydrogen-bond donors (Lipinski definition) is 0. The zero-order valence-electron chi connectivity index (χ0n) is 29.3. The zero-order chi connectivity index (χ0) is 38.1. The predicted molar refractivity (Wildman–Crippen MR) is 211 cm³/mol. The van der Waals surface area contributed by atoms with Crippen LogP contribution < -0.4 is 14.9 Å². The van der Waals surface area contributed by atoms with Crippen LogP contribution in [0, 0.1) is 15.9 Å². The number of nitrogens with zero attached hydrogens (tertiary/aromatic N) is 4. The van der Waals surface area contributed by atoms with Crippen molar-refractivity contribution in [1.29, 1.82) is 0 Å². The normalized spacial score (nSPS) is 14.0. The summed E-state index contributed by atoms with van der Waals surface area (Å²) in [4.78, 5) is 45.1. The quantitative estimate of drug-likeness (QED) is 0.0843. The molecule has 5 aromatic carbocycles. The summed E-state index contributed by atoms with van der Waals surface area (Å²) < 4.78 is 23.7. The summed E-state index contributed by atoms with van der Waals surface area (Å²) in [5, 5.41) is 11.6. The number of carbonyl (C=O) groups excluding carboxylic acids is 1. The second kappa shape index (κ2) is 14.8. The number of aromatic nitrogens is 2. The Labute approximate surface area is 318 Å². The molecule has 0 amide bonds. The average molecular weight is 747 g/mol. The molecule has 7 aromatic rings. The molecule has 2 aromatic heterocycles. The van der Waals surface area contributed by atoms with Crippen molar-refractivity contribution >= 4 is 34.8 Å². The maximum absolute atomic E-state index is 14.8. The van der Waals surface area contributed by atoms with Gasteiger partial charge in [0.25, 0.3) is 11.2 Å². The van der Waals surface area contributed by atoms with E-state index >= 15 is 0 Å². The molecule has 0 saturated carbocycles. The number of nitro benzene ring substituents is 1. The molecule has 0 bridgehead atoms. The Balaban J connectivity index is 1.42. The van der Waals surface area contributed by atoms with Gasteiger partial charge in [-0.15, -0.1) is 0 Å². The van der Waals surface area contributed by atoms with Gasteiger partial charge in [0, 0.05) is 28.9 Å². The minimum atomic E-state index is -0.966. The van der Waals surface area contributed by atoms with Crippen molar-refractivity contribution in [1.82, 2.24) is 9.13 Å². The van der Waals surface area contributed by atoms with Gasteiger partial charge in [-0.2, -0.15) is 0 Å². The van der Waals surface area contributed by atoms with Crippen LogP contribution in [0.15, 0.2) is 161 Å². The van der Waals surface area contributed by atoms with Crippen LogP contribution in [-0.2, 0) is 9.53 Å². The first-order valence-corrected chi connectivity index (χ1v) is 18.3. The molecular formula is C44H31FN4O5S. The zero-order valence-corrected chi connectivity index (χ0v) is 30.2. The van der Waals surface area contributed by atoms with Gasteiger partial charge in [-0.05, 0) is 60.0 Å². The van der Waals surface area contributed by atoms with Gasteiger partial charge in [-0.3, -0.25) is 19.5 Å². The van der Waals surface area contributed by atoms with Crippen molar-refractivity contribution in [3.8, 4) is 28.2 Å². The molecule has 0 fully saturated rings. The van der Waals surface area contributed by atoms with E-state index < -0.39 is 28.3 Å². The smallest absolute Gasteiger partial charge is 0.338 e. The fraction of sp³-hybridized carbons (Fsp3) is 0.0682. The summed E-state index contributed by atoms with van der Waals surface area (Å²) >= 11 is 1.18. The Morgan fingerprint density at radius 3 is 2.05 bits per heavy atom. The maximum atomic E-state index is 14.8. The van der Waals surface area contributed by atoms with Crippen molar-refractivity contribution in [2.45, 2.75) is 13.0 Å². The second-order valence-electron chi connectivity index (χ2n) is 12.7. The first kappa shape index (κ1) is 35.1. The van der Waals surface area contributed by atoms with E-state index in [2.05, 4.69) is 0 Å². The van der Waals surface area contributed by atoms with Crippen molar-refractivity contribution in [3.63, 3.8) is 0 Å². The lowest BCUT2D eigenvalue weighted by molar-refractivity contribution is -0.384. The van der Waals surface area contributed by atoms with Crippen LogP contribution in [0.5, 0.6) is 0 Å². The number of carbonyl (C=O) groups is 1. The van der Waals surface area contributed by atoms with Crippen molar-refractivity contribution < 1.29 is 18.8 Å². The molecule has 8 rings (SSSR count). The van der Waals surface area contributed by atoms with Crippen LogP contribution in [0.2, 0.25) is 0 Å². The summed E-state index contributed by atoms with van der Waals surface area (Å²) in [5.41, 5.74) is 5.97. The van der Waals surface area contributed by atoms with Crippen molar-refractivity contribution in [3.05, 3.63) is 203 Å². The van der Waals surface area contributed by atoms with Gasteiger partial charge in [0.2, 0.25) is 0 Å². The third-order valence-electron chi connectivity index (χ3n) is 9.31. The van der Waals surface area contributed by atoms with Crippen molar-refractivity contribution in [2.24, 2.45) is 4.99 Å². The van der Waals surface area contributed by atoms with E-state index in [1.165, 1.54) is 40.2 Å². The number of benzene rings is 5. The molecule has 0 spiro atoms.